The number of fused-ring (bicyclic) bond motifs is 1. The Labute approximate surface area is 165 Å². The third-order valence-corrected chi connectivity index (χ3v) is 4.82. The molecule has 1 aliphatic heterocycles. The van der Waals surface area contributed by atoms with Crippen LogP contribution in [0.4, 0.5) is 4.39 Å². The Kier molecular flexibility index (Phi) is 6.92. The van der Waals surface area contributed by atoms with Crippen LogP contribution >= 0.6 is 0 Å². The topological polar surface area (TPSA) is 63.1 Å². The van der Waals surface area contributed by atoms with E-state index in [1.54, 1.807) is 0 Å². The standard InChI is InChI=1S/C21H28FN5O/c1-16(2)4-3-12-26-13-10-20-25-24-19(27(20)15-14-26)9-11-23-21(28)17-5-7-18(22)8-6-17/h3-8,16H,9-15H2,1-2H3,(H,23,28)/b4-3+. The summed E-state index contributed by atoms with van der Waals surface area (Å²) in [4.78, 5) is 14.6. The molecule has 0 saturated carbocycles. The highest BCUT2D eigenvalue weighted by Crippen LogP contribution is 2.10. The van der Waals surface area contributed by atoms with Gasteiger partial charge in [0.05, 0.1) is 0 Å². The Morgan fingerprint density at radius 3 is 2.75 bits per heavy atom. The maximum Gasteiger partial charge on any atom is 0.251 e. The summed E-state index contributed by atoms with van der Waals surface area (Å²) in [7, 11) is 0. The molecule has 150 valence electrons. The Hall–Kier alpha value is -2.54. The molecule has 0 unspecified atom stereocenters. The van der Waals surface area contributed by atoms with E-state index in [9.17, 15) is 9.18 Å². The van der Waals surface area contributed by atoms with Crippen molar-refractivity contribution >= 4 is 5.91 Å². The van der Waals surface area contributed by atoms with Crippen molar-refractivity contribution in [3.05, 3.63) is 59.4 Å². The van der Waals surface area contributed by atoms with E-state index < -0.39 is 0 Å². The van der Waals surface area contributed by atoms with Crippen molar-refractivity contribution in [2.45, 2.75) is 33.2 Å². The minimum Gasteiger partial charge on any atom is -0.352 e. The number of carbonyl (C=O) groups is 1. The van der Waals surface area contributed by atoms with Crippen LogP contribution in [0.1, 0.15) is 35.9 Å². The molecule has 3 rings (SSSR count). The van der Waals surface area contributed by atoms with Crippen LogP contribution in [0.2, 0.25) is 0 Å². The fourth-order valence-corrected chi connectivity index (χ4v) is 3.27. The molecule has 0 fully saturated rings. The minimum atomic E-state index is -0.351. The van der Waals surface area contributed by atoms with Crippen LogP contribution in [0.15, 0.2) is 36.4 Å². The molecule has 0 aliphatic carbocycles. The van der Waals surface area contributed by atoms with Gasteiger partial charge in [0.2, 0.25) is 0 Å². The van der Waals surface area contributed by atoms with Gasteiger partial charge in [-0.1, -0.05) is 26.0 Å². The summed E-state index contributed by atoms with van der Waals surface area (Å²) in [5.74, 6) is 1.92. The van der Waals surface area contributed by atoms with E-state index in [1.807, 2.05) is 0 Å². The van der Waals surface area contributed by atoms with E-state index in [4.69, 9.17) is 0 Å². The van der Waals surface area contributed by atoms with Gasteiger partial charge in [0, 0.05) is 51.1 Å². The second kappa shape index (κ2) is 9.59. The summed E-state index contributed by atoms with van der Waals surface area (Å²) in [5.41, 5.74) is 0.451. The van der Waals surface area contributed by atoms with Gasteiger partial charge < -0.3 is 9.88 Å². The number of nitrogens with one attached hydrogen (secondary N) is 1. The third kappa shape index (κ3) is 5.48. The molecule has 2 aromatic rings. The zero-order valence-corrected chi connectivity index (χ0v) is 16.6. The molecule has 1 aliphatic rings. The fraction of sp³-hybridized carbons (Fsp3) is 0.476. The molecule has 0 spiro atoms. The first-order valence-electron chi connectivity index (χ1n) is 9.86. The molecule has 2 heterocycles. The van der Waals surface area contributed by atoms with Gasteiger partial charge in [0.1, 0.15) is 17.5 Å². The van der Waals surface area contributed by atoms with Gasteiger partial charge in [-0.3, -0.25) is 9.69 Å². The van der Waals surface area contributed by atoms with Crippen LogP contribution in [0.25, 0.3) is 0 Å². The number of hydrogen-bond donors (Lipinski definition) is 1. The number of amides is 1. The van der Waals surface area contributed by atoms with E-state index in [1.165, 1.54) is 24.3 Å². The van der Waals surface area contributed by atoms with Crippen LogP contribution < -0.4 is 5.32 Å². The van der Waals surface area contributed by atoms with Gasteiger partial charge in [-0.05, 0) is 30.2 Å². The summed E-state index contributed by atoms with van der Waals surface area (Å²) in [6, 6.07) is 5.54. The Balaban J connectivity index is 1.50. The smallest absolute Gasteiger partial charge is 0.251 e. The molecule has 0 bridgehead atoms. The molecular weight excluding hydrogens is 357 g/mol. The molecule has 0 atom stereocenters. The van der Waals surface area contributed by atoms with Crippen molar-refractivity contribution in [2.24, 2.45) is 5.92 Å². The quantitative estimate of drug-likeness (QED) is 0.744. The second-order valence-electron chi connectivity index (χ2n) is 7.42. The first kappa shape index (κ1) is 20.2. The largest absolute Gasteiger partial charge is 0.352 e. The summed E-state index contributed by atoms with van der Waals surface area (Å²) in [6.07, 6.45) is 5.97. The average Bonchev–Trinajstić information content (AvgIpc) is 2.93. The van der Waals surface area contributed by atoms with Crippen LogP contribution in [0, 0.1) is 11.7 Å². The molecular formula is C21H28FN5O. The second-order valence-corrected chi connectivity index (χ2v) is 7.42. The van der Waals surface area contributed by atoms with Gasteiger partial charge in [0.25, 0.3) is 5.91 Å². The zero-order valence-electron chi connectivity index (χ0n) is 16.6. The fourth-order valence-electron chi connectivity index (χ4n) is 3.27. The molecule has 0 saturated heterocycles. The number of hydrogen-bond acceptors (Lipinski definition) is 4. The van der Waals surface area contributed by atoms with Gasteiger partial charge in [0.15, 0.2) is 0 Å². The lowest BCUT2D eigenvalue weighted by molar-refractivity contribution is 0.0954. The van der Waals surface area contributed by atoms with Crippen LogP contribution in [-0.2, 0) is 19.4 Å². The maximum atomic E-state index is 13.0. The lowest BCUT2D eigenvalue weighted by Gasteiger charge is -2.17. The van der Waals surface area contributed by atoms with E-state index >= 15 is 0 Å². The molecule has 6 nitrogen and oxygen atoms in total. The van der Waals surface area contributed by atoms with Gasteiger partial charge >= 0.3 is 0 Å². The van der Waals surface area contributed by atoms with Gasteiger partial charge in [-0.25, -0.2) is 4.39 Å². The van der Waals surface area contributed by atoms with Gasteiger partial charge in [-0.2, -0.15) is 0 Å². The Morgan fingerprint density at radius 1 is 1.21 bits per heavy atom. The van der Waals surface area contributed by atoms with E-state index in [0.717, 1.165) is 44.2 Å². The summed E-state index contributed by atoms with van der Waals surface area (Å²) >= 11 is 0. The highest BCUT2D eigenvalue weighted by molar-refractivity contribution is 5.94. The van der Waals surface area contributed by atoms with E-state index in [0.29, 0.717) is 24.4 Å². The number of halogens is 1. The molecule has 1 amide bonds. The third-order valence-electron chi connectivity index (χ3n) is 4.82. The molecule has 1 N–H and O–H groups in total. The molecule has 1 aromatic carbocycles. The minimum absolute atomic E-state index is 0.210. The number of aromatic nitrogens is 3. The number of allylic oxidation sites excluding steroid dienone is 1. The molecule has 28 heavy (non-hydrogen) atoms. The number of carbonyl (C=O) groups excluding carboxylic acids is 1. The number of rotatable bonds is 7. The van der Waals surface area contributed by atoms with Crippen molar-refractivity contribution in [3.8, 4) is 0 Å². The van der Waals surface area contributed by atoms with Crippen molar-refractivity contribution < 1.29 is 9.18 Å². The molecule has 0 radical (unpaired) electrons. The monoisotopic (exact) mass is 385 g/mol. The van der Waals surface area contributed by atoms with Crippen LogP contribution in [0.3, 0.4) is 0 Å². The molecule has 7 heteroatoms. The average molecular weight is 385 g/mol. The summed E-state index contributed by atoms with van der Waals surface area (Å²) in [5, 5.41) is 11.5. The van der Waals surface area contributed by atoms with E-state index in [2.05, 4.69) is 51.0 Å². The van der Waals surface area contributed by atoms with Crippen molar-refractivity contribution in [1.29, 1.82) is 0 Å². The van der Waals surface area contributed by atoms with Crippen molar-refractivity contribution in [1.82, 2.24) is 25.0 Å². The lowest BCUT2D eigenvalue weighted by Crippen LogP contribution is -2.28. The van der Waals surface area contributed by atoms with Crippen LogP contribution in [-0.4, -0.2) is 51.8 Å². The van der Waals surface area contributed by atoms with Crippen LogP contribution in [0.5, 0.6) is 0 Å². The number of nitrogens with zero attached hydrogens (tertiary/aromatic N) is 4. The first-order valence-corrected chi connectivity index (χ1v) is 9.86. The normalized spacial score (nSPS) is 15.0. The predicted molar refractivity (Wildman–Crippen MR) is 107 cm³/mol. The highest BCUT2D eigenvalue weighted by atomic mass is 19.1. The SMILES string of the molecule is CC(C)/C=C/CN1CCc2nnc(CCNC(=O)c3ccc(F)cc3)n2CC1. The summed E-state index contributed by atoms with van der Waals surface area (Å²) < 4.78 is 15.1. The van der Waals surface area contributed by atoms with Crippen molar-refractivity contribution in [3.63, 3.8) is 0 Å². The van der Waals surface area contributed by atoms with Gasteiger partial charge in [-0.15, -0.1) is 10.2 Å². The van der Waals surface area contributed by atoms with Crippen molar-refractivity contribution in [2.75, 3.05) is 26.2 Å². The van der Waals surface area contributed by atoms with E-state index in [-0.39, 0.29) is 11.7 Å². The summed E-state index contributed by atoms with van der Waals surface area (Å²) in [6.45, 7) is 8.58. The predicted octanol–water partition coefficient (Wildman–Crippen LogP) is 2.46. The maximum absolute atomic E-state index is 13.0. The molecule has 1 aromatic heterocycles. The zero-order chi connectivity index (χ0) is 19.9. The number of benzene rings is 1. The first-order chi connectivity index (χ1) is 13.5. The highest BCUT2D eigenvalue weighted by Gasteiger charge is 2.18. The lowest BCUT2D eigenvalue weighted by atomic mass is 10.2. The Morgan fingerprint density at radius 2 is 2.00 bits per heavy atom. The Bertz CT molecular complexity index is 813.